The van der Waals surface area contributed by atoms with Crippen molar-refractivity contribution in [3.63, 3.8) is 0 Å². The third kappa shape index (κ3) is 2.18. The number of Topliss-reactive ketones (excluding diaryl/α,β-unsaturated/α-hetero) is 4. The molecule has 1 aromatic carbocycles. The van der Waals surface area contributed by atoms with E-state index < -0.39 is 58.3 Å². The number of aryl methyl sites for hydroxylation is 1. The molecule has 0 aromatic heterocycles. The van der Waals surface area contributed by atoms with Crippen molar-refractivity contribution in [2.45, 2.75) is 31.8 Å². The fraction of sp³-hybridized carbons (Fsp3) is 0.450. The monoisotopic (exact) mass is 385 g/mol. The van der Waals surface area contributed by atoms with Crippen molar-refractivity contribution in [3.05, 3.63) is 28.8 Å². The molecule has 2 unspecified atom stereocenters. The Bertz CT molecular complexity index is 981. The molecule has 8 nitrogen and oxygen atoms in total. The minimum absolute atomic E-state index is 0.0300. The summed E-state index contributed by atoms with van der Waals surface area (Å²) in [5.41, 5.74) is 3.99. The highest BCUT2D eigenvalue weighted by Crippen LogP contribution is 2.50. The van der Waals surface area contributed by atoms with Gasteiger partial charge < -0.3 is 15.9 Å². The molecular formula is C20H19NO7. The summed E-state index contributed by atoms with van der Waals surface area (Å²) in [5.74, 6) is -9.77. The van der Waals surface area contributed by atoms with Gasteiger partial charge in [0.2, 0.25) is 5.91 Å². The second-order valence-electron chi connectivity index (χ2n) is 7.99. The molecule has 0 aliphatic heterocycles. The Hall–Kier alpha value is -2.87. The second-order valence-corrected chi connectivity index (χ2v) is 7.99. The fourth-order valence-corrected chi connectivity index (χ4v) is 5.12. The van der Waals surface area contributed by atoms with E-state index in [2.05, 4.69) is 0 Å². The van der Waals surface area contributed by atoms with Crippen LogP contribution in [-0.4, -0.2) is 44.9 Å². The predicted octanol–water partition coefficient (Wildman–Crippen LogP) is -0.365. The van der Waals surface area contributed by atoms with Gasteiger partial charge in [-0.2, -0.15) is 0 Å². The standard InChI is InChI=1S/C20H19NO7/c1-7-2-3-11(22)14-10(7)5-8-4-9-6-12(23)15(19(21)27)18(26)20(9,28)17(25)13(8)16(14)24/h2-3,8-9,13,15,22,28H,4-6H2,1H3,(H2,21,27)/t8-,9+,13?,15?,20+/m1/s1. The summed E-state index contributed by atoms with van der Waals surface area (Å²) in [6, 6.07) is 3.04. The van der Waals surface area contributed by atoms with Crippen LogP contribution in [0, 0.1) is 30.6 Å². The average Bonchev–Trinajstić information content (AvgIpc) is 2.61. The van der Waals surface area contributed by atoms with Gasteiger partial charge in [0.1, 0.15) is 5.75 Å². The number of primary amides is 1. The van der Waals surface area contributed by atoms with E-state index in [0.29, 0.717) is 12.0 Å². The third-order valence-corrected chi connectivity index (χ3v) is 6.52. The van der Waals surface area contributed by atoms with Crippen LogP contribution in [0.15, 0.2) is 12.1 Å². The van der Waals surface area contributed by atoms with Crippen molar-refractivity contribution in [1.82, 2.24) is 0 Å². The largest absolute Gasteiger partial charge is 0.507 e. The summed E-state index contributed by atoms with van der Waals surface area (Å²) in [4.78, 5) is 62.8. The summed E-state index contributed by atoms with van der Waals surface area (Å²) in [7, 11) is 0. The van der Waals surface area contributed by atoms with Gasteiger partial charge in [-0.1, -0.05) is 6.07 Å². The lowest BCUT2D eigenvalue weighted by molar-refractivity contribution is -0.175. The number of carbonyl (C=O) groups is 5. The zero-order chi connectivity index (χ0) is 20.5. The Morgan fingerprint density at radius 1 is 1.14 bits per heavy atom. The maximum absolute atomic E-state index is 13.2. The molecule has 5 atom stereocenters. The molecule has 0 heterocycles. The van der Waals surface area contributed by atoms with Crippen LogP contribution in [0.2, 0.25) is 0 Å². The van der Waals surface area contributed by atoms with Crippen LogP contribution in [0.4, 0.5) is 0 Å². The number of ketones is 4. The fourth-order valence-electron chi connectivity index (χ4n) is 5.12. The highest BCUT2D eigenvalue weighted by molar-refractivity contribution is 6.31. The van der Waals surface area contributed by atoms with Crippen LogP contribution in [0.25, 0.3) is 0 Å². The Morgan fingerprint density at radius 3 is 2.46 bits per heavy atom. The first-order valence-corrected chi connectivity index (χ1v) is 9.07. The van der Waals surface area contributed by atoms with Crippen LogP contribution in [-0.2, 0) is 25.6 Å². The molecule has 3 aliphatic carbocycles. The highest BCUT2D eigenvalue weighted by atomic mass is 16.3. The number of hydrogen-bond acceptors (Lipinski definition) is 7. The first-order chi connectivity index (χ1) is 13.1. The smallest absolute Gasteiger partial charge is 0.235 e. The summed E-state index contributed by atoms with van der Waals surface area (Å²) < 4.78 is 0. The number of aliphatic hydroxyl groups is 1. The van der Waals surface area contributed by atoms with Crippen molar-refractivity contribution in [2.75, 3.05) is 0 Å². The number of fused-ring (bicyclic) bond motifs is 3. The first kappa shape index (κ1) is 18.5. The van der Waals surface area contributed by atoms with Crippen LogP contribution in [0.1, 0.15) is 34.3 Å². The molecule has 2 saturated carbocycles. The molecule has 8 heteroatoms. The van der Waals surface area contributed by atoms with Gasteiger partial charge in [0.15, 0.2) is 34.7 Å². The second kappa shape index (κ2) is 5.81. The van der Waals surface area contributed by atoms with Crippen LogP contribution in [0.3, 0.4) is 0 Å². The minimum atomic E-state index is -2.60. The Morgan fingerprint density at radius 2 is 1.82 bits per heavy atom. The van der Waals surface area contributed by atoms with Crippen molar-refractivity contribution >= 4 is 29.0 Å². The minimum Gasteiger partial charge on any atom is -0.507 e. The number of aromatic hydroxyl groups is 1. The van der Waals surface area contributed by atoms with Crippen molar-refractivity contribution in [1.29, 1.82) is 0 Å². The first-order valence-electron chi connectivity index (χ1n) is 9.07. The van der Waals surface area contributed by atoms with E-state index in [-0.39, 0.29) is 24.2 Å². The van der Waals surface area contributed by atoms with Gasteiger partial charge in [-0.3, -0.25) is 24.0 Å². The molecule has 3 aliphatic rings. The lowest BCUT2D eigenvalue weighted by atomic mass is 9.53. The summed E-state index contributed by atoms with van der Waals surface area (Å²) in [5, 5.41) is 21.2. The SMILES string of the molecule is Cc1ccc(O)c2c1C[C@H]1C[C@H]3CC(=O)C(C(N)=O)C(=O)[C@@]3(O)C(=O)C1C2=O. The normalized spacial score (nSPS) is 34.5. The zero-order valence-electron chi connectivity index (χ0n) is 15.1. The molecular weight excluding hydrogens is 366 g/mol. The van der Waals surface area contributed by atoms with Gasteiger partial charge in [0.05, 0.1) is 11.5 Å². The number of phenols is 1. The maximum Gasteiger partial charge on any atom is 0.235 e. The van der Waals surface area contributed by atoms with Crippen LogP contribution >= 0.6 is 0 Å². The highest BCUT2D eigenvalue weighted by Gasteiger charge is 2.66. The zero-order valence-corrected chi connectivity index (χ0v) is 15.1. The Balaban J connectivity index is 1.82. The number of nitrogens with two attached hydrogens (primary N) is 1. The molecule has 0 saturated heterocycles. The van der Waals surface area contributed by atoms with E-state index in [4.69, 9.17) is 5.73 Å². The van der Waals surface area contributed by atoms with E-state index >= 15 is 0 Å². The molecule has 1 amide bonds. The summed E-state index contributed by atoms with van der Waals surface area (Å²) >= 11 is 0. The van der Waals surface area contributed by atoms with Gasteiger partial charge >= 0.3 is 0 Å². The maximum atomic E-state index is 13.2. The predicted molar refractivity (Wildman–Crippen MR) is 93.2 cm³/mol. The molecule has 2 fully saturated rings. The van der Waals surface area contributed by atoms with Gasteiger partial charge in [-0.15, -0.1) is 0 Å². The van der Waals surface area contributed by atoms with E-state index in [1.807, 2.05) is 0 Å². The molecule has 1 aromatic rings. The van der Waals surface area contributed by atoms with Gasteiger partial charge in [0.25, 0.3) is 0 Å². The molecule has 0 bridgehead atoms. The number of rotatable bonds is 1. The Labute approximate surface area is 159 Å². The quantitative estimate of drug-likeness (QED) is 0.558. The summed E-state index contributed by atoms with van der Waals surface area (Å²) in [6.45, 7) is 1.79. The van der Waals surface area contributed by atoms with Gasteiger partial charge in [0, 0.05) is 12.3 Å². The number of carbonyl (C=O) groups excluding carboxylic acids is 5. The molecule has 0 spiro atoms. The van der Waals surface area contributed by atoms with E-state index in [0.717, 1.165) is 5.56 Å². The third-order valence-electron chi connectivity index (χ3n) is 6.52. The number of phenolic OH excluding ortho intramolecular Hbond substituents is 1. The summed E-state index contributed by atoms with van der Waals surface area (Å²) in [6.07, 6.45) is 0.0902. The van der Waals surface area contributed by atoms with Crippen molar-refractivity contribution in [2.24, 2.45) is 29.4 Å². The topological polar surface area (TPSA) is 152 Å². The number of benzene rings is 1. The van der Waals surface area contributed by atoms with Crippen molar-refractivity contribution in [3.8, 4) is 5.75 Å². The van der Waals surface area contributed by atoms with E-state index in [9.17, 15) is 34.2 Å². The molecule has 4 N–H and O–H groups in total. The molecule has 146 valence electrons. The molecule has 0 radical (unpaired) electrons. The number of amides is 1. The average molecular weight is 385 g/mol. The lowest BCUT2D eigenvalue weighted by Crippen LogP contribution is -2.68. The molecule has 4 rings (SSSR count). The van der Waals surface area contributed by atoms with Crippen molar-refractivity contribution < 1.29 is 34.2 Å². The number of hydrogen-bond donors (Lipinski definition) is 3. The van der Waals surface area contributed by atoms with Gasteiger partial charge in [-0.25, -0.2) is 0 Å². The van der Waals surface area contributed by atoms with E-state index in [1.165, 1.54) is 6.07 Å². The van der Waals surface area contributed by atoms with Crippen LogP contribution < -0.4 is 5.73 Å². The lowest BCUT2D eigenvalue weighted by Gasteiger charge is -2.48. The Kier molecular flexibility index (Phi) is 3.84. The van der Waals surface area contributed by atoms with E-state index in [1.54, 1.807) is 13.0 Å². The van der Waals surface area contributed by atoms with Crippen LogP contribution in [0.5, 0.6) is 5.75 Å². The molecule has 28 heavy (non-hydrogen) atoms. The van der Waals surface area contributed by atoms with Gasteiger partial charge in [-0.05, 0) is 42.9 Å².